The van der Waals surface area contributed by atoms with E-state index in [0.29, 0.717) is 48.2 Å². The van der Waals surface area contributed by atoms with Crippen molar-refractivity contribution in [2.45, 2.75) is 20.8 Å². The van der Waals surface area contributed by atoms with E-state index in [1.807, 2.05) is 38.1 Å². The molecule has 0 aliphatic rings. The molecule has 1 rings (SSSR count). The van der Waals surface area contributed by atoms with Gasteiger partial charge in [-0.2, -0.15) is 0 Å². The Bertz CT molecular complexity index is 485. The summed E-state index contributed by atoms with van der Waals surface area (Å²) in [7, 11) is 0.651. The predicted molar refractivity (Wildman–Crippen MR) is 115 cm³/mol. The SMILES string of the molecule is CC.CCNCCOCCOCCOCCOc1ccc(C#CPC)cc1. The Labute approximate surface area is 167 Å². The van der Waals surface area contributed by atoms with Crippen LogP contribution in [0, 0.1) is 11.6 Å². The summed E-state index contributed by atoms with van der Waals surface area (Å²) in [4.78, 5) is 0. The van der Waals surface area contributed by atoms with Crippen LogP contribution in [0.3, 0.4) is 0 Å². The maximum Gasteiger partial charge on any atom is 0.119 e. The Morgan fingerprint density at radius 3 is 1.96 bits per heavy atom. The maximum absolute atomic E-state index is 5.62. The number of hydrogen-bond acceptors (Lipinski definition) is 5. The van der Waals surface area contributed by atoms with E-state index in [0.717, 1.165) is 31.0 Å². The molecule has 0 aromatic heterocycles. The average Bonchev–Trinajstić information content (AvgIpc) is 2.72. The first kappa shape index (κ1) is 25.9. The van der Waals surface area contributed by atoms with Crippen molar-refractivity contribution in [2.75, 3.05) is 66.0 Å². The lowest BCUT2D eigenvalue weighted by Gasteiger charge is -2.08. The van der Waals surface area contributed by atoms with Gasteiger partial charge in [-0.25, -0.2) is 0 Å². The first-order valence-corrected chi connectivity index (χ1v) is 11.2. The first-order chi connectivity index (χ1) is 13.4. The van der Waals surface area contributed by atoms with Crippen molar-refractivity contribution in [2.24, 2.45) is 0 Å². The number of benzene rings is 1. The van der Waals surface area contributed by atoms with Crippen molar-refractivity contribution in [3.63, 3.8) is 0 Å². The van der Waals surface area contributed by atoms with Crippen molar-refractivity contribution in [3.8, 4) is 17.3 Å². The lowest BCUT2D eigenvalue weighted by Crippen LogP contribution is -2.20. The highest BCUT2D eigenvalue weighted by Crippen LogP contribution is 2.11. The van der Waals surface area contributed by atoms with Crippen molar-refractivity contribution < 1.29 is 18.9 Å². The molecule has 0 aliphatic heterocycles. The third kappa shape index (κ3) is 16.7. The molecule has 0 spiro atoms. The van der Waals surface area contributed by atoms with E-state index >= 15 is 0 Å². The van der Waals surface area contributed by atoms with Gasteiger partial charge in [0.2, 0.25) is 0 Å². The van der Waals surface area contributed by atoms with E-state index in [2.05, 4.69) is 30.5 Å². The fraction of sp³-hybridized carbons (Fsp3) is 0.619. The van der Waals surface area contributed by atoms with Gasteiger partial charge in [-0.05, 0) is 46.1 Å². The van der Waals surface area contributed by atoms with Gasteiger partial charge in [-0.1, -0.05) is 32.4 Å². The standard InChI is InChI=1S/C19H30NO4P.C2H6/c1-3-20-9-10-21-11-12-22-13-14-23-15-16-24-19-6-4-18(5-7-19)8-17-25-2;1-2/h4-7,20,25H,3,9-16H2,1-2H3;1-2H3. The van der Waals surface area contributed by atoms with E-state index in [-0.39, 0.29) is 0 Å². The number of rotatable bonds is 14. The first-order valence-electron chi connectivity index (χ1n) is 9.71. The largest absolute Gasteiger partial charge is 0.491 e. The van der Waals surface area contributed by atoms with Crippen molar-refractivity contribution in [1.29, 1.82) is 0 Å². The normalized spacial score (nSPS) is 10.2. The molecule has 5 nitrogen and oxygen atoms in total. The molecule has 1 aromatic rings. The number of likely N-dealkylation sites (N-methyl/N-ethyl adjacent to an activating group) is 1. The summed E-state index contributed by atoms with van der Waals surface area (Å²) in [5, 5.41) is 3.20. The third-order valence-corrected chi connectivity index (χ3v) is 3.47. The van der Waals surface area contributed by atoms with E-state index in [1.165, 1.54) is 0 Å². The van der Waals surface area contributed by atoms with Crippen LogP contribution in [0.15, 0.2) is 24.3 Å². The van der Waals surface area contributed by atoms with E-state index in [9.17, 15) is 0 Å². The zero-order valence-electron chi connectivity index (χ0n) is 17.3. The third-order valence-electron chi connectivity index (χ3n) is 3.10. The summed E-state index contributed by atoms with van der Waals surface area (Å²) in [6, 6.07) is 7.80. The molecule has 0 bridgehead atoms. The quantitative estimate of drug-likeness (QED) is 0.296. The molecule has 0 saturated heterocycles. The molecule has 154 valence electrons. The van der Waals surface area contributed by atoms with Crippen LogP contribution in [0.2, 0.25) is 0 Å². The molecule has 0 amide bonds. The van der Waals surface area contributed by atoms with E-state index in [4.69, 9.17) is 18.9 Å². The van der Waals surface area contributed by atoms with E-state index < -0.39 is 0 Å². The Morgan fingerprint density at radius 1 is 0.852 bits per heavy atom. The molecule has 27 heavy (non-hydrogen) atoms. The second kappa shape index (κ2) is 21.2. The molecule has 0 saturated carbocycles. The van der Waals surface area contributed by atoms with Gasteiger partial charge in [0.25, 0.3) is 0 Å². The molecule has 0 radical (unpaired) electrons. The summed E-state index contributed by atoms with van der Waals surface area (Å²) < 4.78 is 21.9. The Morgan fingerprint density at radius 2 is 1.41 bits per heavy atom. The summed E-state index contributed by atoms with van der Waals surface area (Å²) in [5.41, 5.74) is 4.09. The monoisotopic (exact) mass is 397 g/mol. The van der Waals surface area contributed by atoms with E-state index in [1.54, 1.807) is 0 Å². The average molecular weight is 397 g/mol. The van der Waals surface area contributed by atoms with Crippen molar-refractivity contribution in [1.82, 2.24) is 5.32 Å². The summed E-state index contributed by atoms with van der Waals surface area (Å²) in [6.45, 7) is 14.1. The highest BCUT2D eigenvalue weighted by Gasteiger charge is 1.95. The van der Waals surface area contributed by atoms with Gasteiger partial charge >= 0.3 is 0 Å². The molecule has 1 N–H and O–H groups in total. The van der Waals surface area contributed by atoms with Crippen LogP contribution in [0.1, 0.15) is 26.3 Å². The zero-order chi connectivity index (χ0) is 20.0. The van der Waals surface area contributed by atoms with Crippen LogP contribution in [0.4, 0.5) is 0 Å². The highest BCUT2D eigenvalue weighted by molar-refractivity contribution is 7.43. The van der Waals surface area contributed by atoms with Crippen LogP contribution in [0.5, 0.6) is 5.75 Å². The smallest absolute Gasteiger partial charge is 0.119 e. The maximum atomic E-state index is 5.62. The van der Waals surface area contributed by atoms with Crippen molar-refractivity contribution >= 4 is 8.58 Å². The highest BCUT2D eigenvalue weighted by atomic mass is 31.1. The second-order valence-electron chi connectivity index (χ2n) is 5.06. The minimum absolute atomic E-state index is 0.523. The van der Waals surface area contributed by atoms with Crippen LogP contribution >= 0.6 is 8.58 Å². The minimum Gasteiger partial charge on any atom is -0.491 e. The number of ether oxygens (including phenoxy) is 4. The zero-order valence-corrected chi connectivity index (χ0v) is 18.3. The van der Waals surface area contributed by atoms with Crippen LogP contribution in [-0.4, -0.2) is 66.0 Å². The molecule has 0 aliphatic carbocycles. The minimum atomic E-state index is 0.523. The van der Waals surface area contributed by atoms with Crippen LogP contribution < -0.4 is 10.1 Å². The van der Waals surface area contributed by atoms with Gasteiger partial charge in [-0.3, -0.25) is 0 Å². The van der Waals surface area contributed by atoms with Crippen molar-refractivity contribution in [3.05, 3.63) is 29.8 Å². The topological polar surface area (TPSA) is 49.0 Å². The number of hydrogen-bond donors (Lipinski definition) is 1. The van der Waals surface area contributed by atoms with Gasteiger partial charge in [0.1, 0.15) is 12.4 Å². The molecule has 1 atom stereocenters. The molecule has 6 heteroatoms. The molecular weight excluding hydrogens is 361 g/mol. The van der Waals surface area contributed by atoms with Gasteiger partial charge in [0.05, 0.1) is 39.6 Å². The lowest BCUT2D eigenvalue weighted by atomic mass is 10.2. The van der Waals surface area contributed by atoms with Crippen LogP contribution in [0.25, 0.3) is 0 Å². The second-order valence-corrected chi connectivity index (χ2v) is 5.81. The summed E-state index contributed by atoms with van der Waals surface area (Å²) >= 11 is 0. The van der Waals surface area contributed by atoms with Gasteiger partial charge in [-0.15, -0.1) is 0 Å². The summed E-state index contributed by atoms with van der Waals surface area (Å²) in [6.07, 6.45) is 0. The van der Waals surface area contributed by atoms with Crippen LogP contribution in [-0.2, 0) is 14.2 Å². The van der Waals surface area contributed by atoms with Gasteiger partial charge in [0.15, 0.2) is 0 Å². The molecule has 1 unspecified atom stereocenters. The van der Waals surface area contributed by atoms with Gasteiger partial charge in [0, 0.05) is 12.1 Å². The molecule has 0 fully saturated rings. The lowest BCUT2D eigenvalue weighted by molar-refractivity contribution is 0.00989. The fourth-order valence-corrected chi connectivity index (χ4v) is 2.12. The number of nitrogens with one attached hydrogen (secondary N) is 1. The molecular formula is C21H36NO4P. The molecule has 0 heterocycles. The van der Waals surface area contributed by atoms with Gasteiger partial charge < -0.3 is 24.3 Å². The Kier molecular flexibility index (Phi) is 20.3. The fourth-order valence-electron chi connectivity index (χ4n) is 1.85. The summed E-state index contributed by atoms with van der Waals surface area (Å²) in [5.74, 6) is 3.93. The predicted octanol–water partition coefficient (Wildman–Crippen LogP) is 3.37. The Balaban J connectivity index is 0.00000326. The Hall–Kier alpha value is -1.15. The molecule has 1 aromatic carbocycles.